The number of carbonyl (C=O) groups is 1. The molecular weight excluding hydrogens is 116 g/mol. The maximum absolute atomic E-state index is 10.7. The summed E-state index contributed by atoms with van der Waals surface area (Å²) in [7, 11) is 0. The first-order valence-corrected chi connectivity index (χ1v) is 3.16. The van der Waals surface area contributed by atoms with E-state index in [-0.39, 0.29) is 18.0 Å². The molecule has 1 aliphatic heterocycles. The number of ether oxygens (including phenoxy) is 1. The maximum atomic E-state index is 10.7. The minimum atomic E-state index is -0.0232. The van der Waals surface area contributed by atoms with Gasteiger partial charge in [0.25, 0.3) is 0 Å². The lowest BCUT2D eigenvalue weighted by molar-refractivity contribution is -0.143. The lowest BCUT2D eigenvalue weighted by atomic mass is 10.2. The van der Waals surface area contributed by atoms with E-state index in [0.29, 0.717) is 5.92 Å². The molecule has 0 aromatic heterocycles. The lowest BCUT2D eigenvalue weighted by Gasteiger charge is -2.03. The van der Waals surface area contributed by atoms with Gasteiger partial charge in [-0.2, -0.15) is 0 Å². The number of esters is 1. The zero-order valence-electron chi connectivity index (χ0n) is 5.04. The molecule has 2 heteroatoms. The Labute approximate surface area is 53.5 Å². The van der Waals surface area contributed by atoms with Crippen molar-refractivity contribution in [2.75, 3.05) is 0 Å². The molecule has 1 saturated heterocycles. The minimum absolute atomic E-state index is 0.0232. The van der Waals surface area contributed by atoms with Crippen LogP contribution in [0.3, 0.4) is 0 Å². The SMILES string of the molecule is C=C[C@H]1OC(=O)[C@H]2C[C@H]21. The molecular formula is C7H8O2. The number of fused-ring (bicyclic) bond motifs is 1. The van der Waals surface area contributed by atoms with Gasteiger partial charge in [-0.05, 0) is 6.42 Å². The molecule has 0 spiro atoms. The highest BCUT2D eigenvalue weighted by Gasteiger charge is 2.55. The van der Waals surface area contributed by atoms with E-state index in [1.54, 1.807) is 6.08 Å². The fourth-order valence-electron chi connectivity index (χ4n) is 1.38. The van der Waals surface area contributed by atoms with E-state index in [1.807, 2.05) is 0 Å². The third-order valence-corrected chi connectivity index (χ3v) is 2.05. The second kappa shape index (κ2) is 1.38. The summed E-state index contributed by atoms with van der Waals surface area (Å²) < 4.78 is 4.92. The lowest BCUT2D eigenvalue weighted by Crippen LogP contribution is -2.08. The van der Waals surface area contributed by atoms with Crippen LogP contribution < -0.4 is 0 Å². The van der Waals surface area contributed by atoms with Crippen LogP contribution in [-0.4, -0.2) is 12.1 Å². The Hall–Kier alpha value is -0.790. The van der Waals surface area contributed by atoms with E-state index in [9.17, 15) is 4.79 Å². The van der Waals surface area contributed by atoms with Gasteiger partial charge >= 0.3 is 5.97 Å². The molecule has 2 fully saturated rings. The highest BCUT2D eigenvalue weighted by molar-refractivity contribution is 5.79. The van der Waals surface area contributed by atoms with E-state index in [4.69, 9.17) is 4.74 Å². The first-order valence-electron chi connectivity index (χ1n) is 3.16. The Morgan fingerprint density at radius 2 is 2.56 bits per heavy atom. The Morgan fingerprint density at radius 1 is 1.78 bits per heavy atom. The summed E-state index contributed by atoms with van der Waals surface area (Å²) in [5.41, 5.74) is 0. The monoisotopic (exact) mass is 124 g/mol. The molecule has 2 nitrogen and oxygen atoms in total. The molecule has 1 saturated carbocycles. The van der Waals surface area contributed by atoms with Gasteiger partial charge in [0.15, 0.2) is 0 Å². The van der Waals surface area contributed by atoms with Gasteiger partial charge in [0.1, 0.15) is 6.10 Å². The van der Waals surface area contributed by atoms with Gasteiger partial charge in [-0.1, -0.05) is 12.7 Å². The molecule has 2 aliphatic rings. The molecule has 48 valence electrons. The van der Waals surface area contributed by atoms with Crippen molar-refractivity contribution in [3.8, 4) is 0 Å². The molecule has 0 N–H and O–H groups in total. The number of cyclic esters (lactones) is 1. The summed E-state index contributed by atoms with van der Waals surface area (Å²) >= 11 is 0. The van der Waals surface area contributed by atoms with Gasteiger partial charge in [0.2, 0.25) is 0 Å². The van der Waals surface area contributed by atoms with Crippen LogP contribution >= 0.6 is 0 Å². The highest BCUT2D eigenvalue weighted by atomic mass is 16.6. The molecule has 3 atom stereocenters. The standard InChI is InChI=1S/C7H8O2/c1-2-6-4-3-5(4)7(8)9-6/h2,4-6H,1,3H2/t4-,5+,6-/m1/s1. The molecule has 2 rings (SSSR count). The smallest absolute Gasteiger partial charge is 0.309 e. The molecule has 1 heterocycles. The molecule has 0 aromatic carbocycles. The summed E-state index contributed by atoms with van der Waals surface area (Å²) in [6.07, 6.45) is 2.77. The topological polar surface area (TPSA) is 26.3 Å². The van der Waals surface area contributed by atoms with Crippen molar-refractivity contribution < 1.29 is 9.53 Å². The van der Waals surface area contributed by atoms with Gasteiger partial charge < -0.3 is 4.74 Å². The first kappa shape index (κ1) is 5.03. The van der Waals surface area contributed by atoms with Crippen LogP contribution in [0.5, 0.6) is 0 Å². The zero-order valence-corrected chi connectivity index (χ0v) is 5.04. The number of hydrogen-bond acceptors (Lipinski definition) is 2. The molecule has 9 heavy (non-hydrogen) atoms. The van der Waals surface area contributed by atoms with Gasteiger partial charge in [-0.3, -0.25) is 4.79 Å². The van der Waals surface area contributed by atoms with Crippen molar-refractivity contribution in [1.29, 1.82) is 0 Å². The summed E-state index contributed by atoms with van der Waals surface area (Å²) in [4.78, 5) is 10.7. The number of carbonyl (C=O) groups excluding carboxylic acids is 1. The molecule has 0 aromatic rings. The summed E-state index contributed by atoms with van der Waals surface area (Å²) in [6.45, 7) is 3.58. The van der Waals surface area contributed by atoms with E-state index >= 15 is 0 Å². The molecule has 0 radical (unpaired) electrons. The highest BCUT2D eigenvalue weighted by Crippen LogP contribution is 2.49. The Morgan fingerprint density at radius 3 is 2.78 bits per heavy atom. The van der Waals surface area contributed by atoms with Gasteiger partial charge in [0.05, 0.1) is 5.92 Å². The second-order valence-electron chi connectivity index (χ2n) is 2.64. The third kappa shape index (κ3) is 0.530. The van der Waals surface area contributed by atoms with Crippen molar-refractivity contribution in [3.05, 3.63) is 12.7 Å². The number of rotatable bonds is 1. The second-order valence-corrected chi connectivity index (χ2v) is 2.64. The fraction of sp³-hybridized carbons (Fsp3) is 0.571. The van der Waals surface area contributed by atoms with Crippen LogP contribution in [0.2, 0.25) is 0 Å². The maximum Gasteiger partial charge on any atom is 0.309 e. The Bertz CT molecular complexity index is 174. The van der Waals surface area contributed by atoms with Crippen LogP contribution in [0, 0.1) is 11.8 Å². The number of hydrogen-bond donors (Lipinski definition) is 0. The van der Waals surface area contributed by atoms with Crippen LogP contribution in [0.4, 0.5) is 0 Å². The first-order chi connectivity index (χ1) is 4.33. The average molecular weight is 124 g/mol. The molecule has 0 amide bonds. The van der Waals surface area contributed by atoms with Crippen molar-refractivity contribution in [1.82, 2.24) is 0 Å². The van der Waals surface area contributed by atoms with Crippen LogP contribution in [-0.2, 0) is 9.53 Å². The van der Waals surface area contributed by atoms with Crippen LogP contribution in [0.1, 0.15) is 6.42 Å². The summed E-state index contributed by atoms with van der Waals surface area (Å²) in [6, 6.07) is 0. The predicted octanol–water partition coefficient (Wildman–Crippen LogP) is 0.734. The van der Waals surface area contributed by atoms with E-state index < -0.39 is 0 Å². The molecule has 0 bridgehead atoms. The van der Waals surface area contributed by atoms with E-state index in [2.05, 4.69) is 6.58 Å². The molecule has 0 unspecified atom stereocenters. The molecule has 1 aliphatic carbocycles. The predicted molar refractivity (Wildman–Crippen MR) is 31.7 cm³/mol. The fourth-order valence-corrected chi connectivity index (χ4v) is 1.38. The van der Waals surface area contributed by atoms with Gasteiger partial charge in [0, 0.05) is 5.92 Å². The average Bonchev–Trinajstić information content (AvgIpc) is 2.56. The normalized spacial score (nSPS) is 45.8. The van der Waals surface area contributed by atoms with Crippen molar-refractivity contribution in [2.24, 2.45) is 11.8 Å². The van der Waals surface area contributed by atoms with Crippen molar-refractivity contribution in [3.63, 3.8) is 0 Å². The minimum Gasteiger partial charge on any atom is -0.458 e. The zero-order chi connectivity index (χ0) is 6.43. The summed E-state index contributed by atoms with van der Waals surface area (Å²) in [5, 5.41) is 0. The van der Waals surface area contributed by atoms with Crippen molar-refractivity contribution >= 4 is 5.97 Å². The Balaban J connectivity index is 2.16. The van der Waals surface area contributed by atoms with Crippen LogP contribution in [0.15, 0.2) is 12.7 Å². The van der Waals surface area contributed by atoms with E-state index in [0.717, 1.165) is 6.42 Å². The quantitative estimate of drug-likeness (QED) is 0.380. The largest absolute Gasteiger partial charge is 0.458 e. The summed E-state index contributed by atoms with van der Waals surface area (Å²) in [5.74, 6) is 0.688. The Kier molecular flexibility index (Phi) is 0.770. The third-order valence-electron chi connectivity index (χ3n) is 2.05. The van der Waals surface area contributed by atoms with Crippen molar-refractivity contribution in [2.45, 2.75) is 12.5 Å². The van der Waals surface area contributed by atoms with Crippen LogP contribution in [0.25, 0.3) is 0 Å². The van der Waals surface area contributed by atoms with Gasteiger partial charge in [-0.15, -0.1) is 0 Å². The van der Waals surface area contributed by atoms with Gasteiger partial charge in [-0.25, -0.2) is 0 Å². The van der Waals surface area contributed by atoms with E-state index in [1.165, 1.54) is 0 Å².